The van der Waals surface area contributed by atoms with Crippen molar-refractivity contribution >= 4 is 50.5 Å². The van der Waals surface area contributed by atoms with Crippen LogP contribution in [0.2, 0.25) is 10.0 Å². The minimum atomic E-state index is -3.81. The highest BCUT2D eigenvalue weighted by molar-refractivity contribution is 7.89. The summed E-state index contributed by atoms with van der Waals surface area (Å²) in [6.07, 6.45) is 0.914. The molecule has 1 aromatic carbocycles. The lowest BCUT2D eigenvalue weighted by Crippen LogP contribution is -2.44. The summed E-state index contributed by atoms with van der Waals surface area (Å²) < 4.78 is 27.3. The van der Waals surface area contributed by atoms with Crippen molar-refractivity contribution in [1.29, 1.82) is 0 Å². The van der Waals surface area contributed by atoms with Crippen LogP contribution in [0.5, 0.6) is 0 Å². The van der Waals surface area contributed by atoms with Gasteiger partial charge in [-0.05, 0) is 50.5 Å². The van der Waals surface area contributed by atoms with E-state index in [1.54, 1.807) is 17.4 Å². The highest BCUT2D eigenvalue weighted by Gasteiger charge is 2.34. The number of amides is 1. The van der Waals surface area contributed by atoms with Gasteiger partial charge in [-0.3, -0.25) is 4.79 Å². The number of likely N-dealkylation sites (N-methyl/N-ethyl adjacent to an activating group) is 1. The van der Waals surface area contributed by atoms with E-state index >= 15 is 0 Å². The Morgan fingerprint density at radius 3 is 2.37 bits per heavy atom. The molecule has 0 unspecified atom stereocenters. The minimum Gasteiger partial charge on any atom is -0.354 e. The van der Waals surface area contributed by atoms with Crippen molar-refractivity contribution < 1.29 is 13.2 Å². The maximum Gasteiger partial charge on any atom is 0.246 e. The van der Waals surface area contributed by atoms with Crippen LogP contribution in [0.4, 0.5) is 0 Å². The summed E-state index contributed by atoms with van der Waals surface area (Å²) in [6, 6.07) is 8.80. The molecule has 6 nitrogen and oxygen atoms in total. The molecule has 10 heteroatoms. The molecule has 30 heavy (non-hydrogen) atoms. The molecule has 0 saturated carbocycles. The minimum absolute atomic E-state index is 0.0359. The molecule has 1 fully saturated rings. The number of carbonyl (C=O) groups is 1. The zero-order chi connectivity index (χ0) is 21.9. The molecule has 1 N–H and O–H groups in total. The summed E-state index contributed by atoms with van der Waals surface area (Å²) in [5, 5.41) is 5.27. The van der Waals surface area contributed by atoms with Crippen molar-refractivity contribution in [3.63, 3.8) is 0 Å². The molecule has 1 atom stereocenters. The molecule has 164 valence electrons. The molecule has 1 aliphatic heterocycles. The molecular weight excluding hydrogens is 465 g/mol. The van der Waals surface area contributed by atoms with Crippen molar-refractivity contribution in [2.75, 3.05) is 33.7 Å². The lowest BCUT2D eigenvalue weighted by atomic mass is 9.97. The number of nitrogens with zero attached hydrogens (tertiary/aromatic N) is 2. The second-order valence-corrected chi connectivity index (χ2v) is 11.1. The van der Waals surface area contributed by atoms with E-state index < -0.39 is 10.0 Å². The van der Waals surface area contributed by atoms with Crippen LogP contribution in [0.15, 0.2) is 40.6 Å². The average Bonchev–Trinajstić information content (AvgIpc) is 3.22. The molecule has 0 aliphatic carbocycles. The molecule has 0 bridgehead atoms. The third kappa shape index (κ3) is 5.18. The summed E-state index contributed by atoms with van der Waals surface area (Å²) in [4.78, 5) is 15.9. The number of thiophene rings is 1. The number of carbonyl (C=O) groups excluding carboxylic acids is 1. The first-order valence-electron chi connectivity index (χ1n) is 9.63. The largest absolute Gasteiger partial charge is 0.354 e. The van der Waals surface area contributed by atoms with Crippen molar-refractivity contribution in [2.45, 2.75) is 23.8 Å². The van der Waals surface area contributed by atoms with Crippen LogP contribution in [0.3, 0.4) is 0 Å². The normalized spacial score (nSPS) is 17.2. The molecule has 2 heterocycles. The Kier molecular flexibility index (Phi) is 7.81. The quantitative estimate of drug-likeness (QED) is 0.640. The monoisotopic (exact) mass is 489 g/mol. The summed E-state index contributed by atoms with van der Waals surface area (Å²) in [5.74, 6) is -0.254. The number of rotatable bonds is 7. The topological polar surface area (TPSA) is 69.7 Å². The van der Waals surface area contributed by atoms with Crippen LogP contribution in [-0.4, -0.2) is 57.3 Å². The predicted molar refractivity (Wildman–Crippen MR) is 122 cm³/mol. The number of sulfonamides is 1. The lowest BCUT2D eigenvalue weighted by Gasteiger charge is -2.31. The van der Waals surface area contributed by atoms with Crippen molar-refractivity contribution in [2.24, 2.45) is 5.92 Å². The van der Waals surface area contributed by atoms with Gasteiger partial charge in [0.1, 0.15) is 4.90 Å². The molecule has 3 rings (SSSR count). The van der Waals surface area contributed by atoms with Crippen LogP contribution >= 0.6 is 34.5 Å². The van der Waals surface area contributed by atoms with Crippen molar-refractivity contribution in [1.82, 2.24) is 14.5 Å². The Bertz CT molecular complexity index is 953. The Labute approximate surface area is 191 Å². The van der Waals surface area contributed by atoms with Gasteiger partial charge in [0.2, 0.25) is 15.9 Å². The van der Waals surface area contributed by atoms with E-state index in [9.17, 15) is 13.2 Å². The molecule has 0 spiro atoms. The third-order valence-electron chi connectivity index (χ3n) is 5.31. The van der Waals surface area contributed by atoms with Gasteiger partial charge in [-0.25, -0.2) is 8.42 Å². The van der Waals surface area contributed by atoms with E-state index in [2.05, 4.69) is 16.3 Å². The van der Waals surface area contributed by atoms with Crippen LogP contribution < -0.4 is 5.32 Å². The number of nitrogens with one attached hydrogen (secondary N) is 1. The fourth-order valence-corrected chi connectivity index (χ4v) is 7.06. The fourth-order valence-electron chi connectivity index (χ4n) is 3.58. The maximum atomic E-state index is 13.0. The molecule has 1 aromatic heterocycles. The van der Waals surface area contributed by atoms with E-state index in [-0.39, 0.29) is 45.9 Å². The molecule has 1 aliphatic rings. The highest BCUT2D eigenvalue weighted by atomic mass is 35.5. The van der Waals surface area contributed by atoms with Gasteiger partial charge in [0, 0.05) is 30.4 Å². The number of piperidine rings is 1. The Morgan fingerprint density at radius 1 is 1.20 bits per heavy atom. The van der Waals surface area contributed by atoms with Crippen molar-refractivity contribution in [3.05, 3.63) is 50.6 Å². The summed E-state index contributed by atoms with van der Waals surface area (Å²) in [5.41, 5.74) is 0. The van der Waals surface area contributed by atoms with Gasteiger partial charge in [-0.1, -0.05) is 35.3 Å². The van der Waals surface area contributed by atoms with Gasteiger partial charge in [-0.15, -0.1) is 11.3 Å². The summed E-state index contributed by atoms with van der Waals surface area (Å²) in [6.45, 7) is 1.02. The predicted octanol–water partition coefficient (Wildman–Crippen LogP) is 3.87. The van der Waals surface area contributed by atoms with E-state index in [1.165, 1.54) is 21.3 Å². The first kappa shape index (κ1) is 23.5. The Hall–Kier alpha value is -1.16. The van der Waals surface area contributed by atoms with Crippen LogP contribution in [0.1, 0.15) is 23.8 Å². The number of benzene rings is 1. The number of halogens is 2. The van der Waals surface area contributed by atoms with E-state index in [4.69, 9.17) is 23.2 Å². The molecule has 2 aromatic rings. The molecule has 0 radical (unpaired) electrons. The molecular formula is C20H25Cl2N3O3S2. The second-order valence-electron chi connectivity index (χ2n) is 7.47. The third-order valence-corrected chi connectivity index (χ3v) is 9.13. The first-order chi connectivity index (χ1) is 14.2. The van der Waals surface area contributed by atoms with Crippen LogP contribution in [0, 0.1) is 5.92 Å². The van der Waals surface area contributed by atoms with Gasteiger partial charge >= 0.3 is 0 Å². The molecule has 1 saturated heterocycles. The van der Waals surface area contributed by atoms with Gasteiger partial charge in [0.15, 0.2) is 0 Å². The summed E-state index contributed by atoms with van der Waals surface area (Å²) in [7, 11) is 0.165. The standard InChI is InChI=1S/C20H25Cl2N3O3S2/c1-24(2)17(18-7-4-12-29-18)13-23-20(26)14-8-10-25(11-9-14)30(27,28)19-15(21)5-3-6-16(19)22/h3-7,12,14,17H,8-11,13H2,1-2H3,(H,23,26)/t17-/m0/s1. The lowest BCUT2D eigenvalue weighted by molar-refractivity contribution is -0.126. The van der Waals surface area contributed by atoms with Crippen LogP contribution in [0.25, 0.3) is 0 Å². The first-order valence-corrected chi connectivity index (χ1v) is 12.7. The number of hydrogen-bond acceptors (Lipinski definition) is 5. The van der Waals surface area contributed by atoms with Crippen LogP contribution in [-0.2, 0) is 14.8 Å². The van der Waals surface area contributed by atoms with Gasteiger partial charge in [0.25, 0.3) is 0 Å². The van der Waals surface area contributed by atoms with E-state index in [1.807, 2.05) is 25.5 Å². The average molecular weight is 490 g/mol. The fraction of sp³-hybridized carbons (Fsp3) is 0.450. The Morgan fingerprint density at radius 2 is 1.83 bits per heavy atom. The van der Waals surface area contributed by atoms with Crippen molar-refractivity contribution in [3.8, 4) is 0 Å². The molecule has 1 amide bonds. The zero-order valence-electron chi connectivity index (χ0n) is 16.8. The van der Waals surface area contributed by atoms with E-state index in [0.29, 0.717) is 19.4 Å². The van der Waals surface area contributed by atoms with Gasteiger partial charge in [-0.2, -0.15) is 4.31 Å². The van der Waals surface area contributed by atoms with E-state index in [0.717, 1.165) is 0 Å². The smallest absolute Gasteiger partial charge is 0.246 e. The summed E-state index contributed by atoms with van der Waals surface area (Å²) >= 11 is 13.8. The van der Waals surface area contributed by atoms with Gasteiger partial charge < -0.3 is 10.2 Å². The zero-order valence-corrected chi connectivity index (χ0v) is 20.0. The number of hydrogen-bond donors (Lipinski definition) is 1. The Balaban J connectivity index is 1.59. The SMILES string of the molecule is CN(C)[C@@H](CNC(=O)C1CCN(S(=O)(=O)c2c(Cl)cccc2Cl)CC1)c1cccs1. The maximum absolute atomic E-state index is 13.0. The van der Waals surface area contributed by atoms with Gasteiger partial charge in [0.05, 0.1) is 16.1 Å². The highest BCUT2D eigenvalue weighted by Crippen LogP contribution is 2.33. The second kappa shape index (κ2) is 9.97.